The van der Waals surface area contributed by atoms with E-state index in [-0.39, 0.29) is 18.4 Å². The first-order valence-electron chi connectivity index (χ1n) is 5.11. The highest BCUT2D eigenvalue weighted by molar-refractivity contribution is 5.85. The lowest BCUT2D eigenvalue weighted by Crippen LogP contribution is -2.35. The first-order valence-corrected chi connectivity index (χ1v) is 5.11. The highest BCUT2D eigenvalue weighted by Gasteiger charge is 2.18. The Morgan fingerprint density at radius 2 is 2.19 bits per heavy atom. The second-order valence-electron chi connectivity index (χ2n) is 3.46. The number of hydrogen-bond donors (Lipinski definition) is 0. The molecule has 0 aliphatic rings. The molecule has 0 amide bonds. The summed E-state index contributed by atoms with van der Waals surface area (Å²) in [4.78, 5) is 11.3. The summed E-state index contributed by atoms with van der Waals surface area (Å²) in [5.74, 6) is -0.202. The highest BCUT2D eigenvalue weighted by atomic mass is 16.5. The Hall–Kier alpha value is -1.78. The summed E-state index contributed by atoms with van der Waals surface area (Å²) in [6.07, 6.45) is 1.19. The van der Waals surface area contributed by atoms with Gasteiger partial charge in [-0.25, -0.2) is 4.79 Å². The van der Waals surface area contributed by atoms with Crippen LogP contribution in [0.25, 0.3) is 0 Å². The summed E-state index contributed by atoms with van der Waals surface area (Å²) in [6, 6.07) is 2.96. The van der Waals surface area contributed by atoms with Crippen LogP contribution in [0.4, 0.5) is 0 Å². The molecule has 1 aromatic rings. The zero-order chi connectivity index (χ0) is 12.1. The van der Waals surface area contributed by atoms with Gasteiger partial charge in [0.2, 0.25) is 6.20 Å². The van der Waals surface area contributed by atoms with Gasteiger partial charge in [-0.2, -0.15) is 4.73 Å². The van der Waals surface area contributed by atoms with Crippen molar-refractivity contribution in [2.24, 2.45) is 0 Å². The van der Waals surface area contributed by atoms with Crippen LogP contribution >= 0.6 is 0 Å². The third kappa shape index (κ3) is 3.12. The van der Waals surface area contributed by atoms with Crippen LogP contribution in [0.5, 0.6) is 5.75 Å². The zero-order valence-corrected chi connectivity index (χ0v) is 9.60. The largest absolute Gasteiger partial charge is 0.618 e. The lowest BCUT2D eigenvalue weighted by molar-refractivity contribution is -0.608. The SMILES string of the molecule is CCOC(=O)c1ccc(OC(C)C)c[n+]1[O-]. The number of esters is 1. The van der Waals surface area contributed by atoms with E-state index in [1.54, 1.807) is 13.0 Å². The van der Waals surface area contributed by atoms with E-state index < -0.39 is 5.97 Å². The number of carbonyl (C=O) groups excluding carboxylic acids is 1. The Kier molecular flexibility index (Phi) is 4.10. The van der Waals surface area contributed by atoms with Gasteiger partial charge in [-0.05, 0) is 26.8 Å². The van der Waals surface area contributed by atoms with Gasteiger partial charge in [-0.3, -0.25) is 0 Å². The summed E-state index contributed by atoms with van der Waals surface area (Å²) < 4.78 is 10.5. The Morgan fingerprint density at radius 1 is 1.50 bits per heavy atom. The van der Waals surface area contributed by atoms with E-state index in [2.05, 4.69) is 0 Å². The van der Waals surface area contributed by atoms with Crippen molar-refractivity contribution in [1.29, 1.82) is 0 Å². The third-order valence-electron chi connectivity index (χ3n) is 1.74. The molecule has 0 saturated carbocycles. The number of pyridine rings is 1. The van der Waals surface area contributed by atoms with Crippen LogP contribution in [0.15, 0.2) is 18.3 Å². The summed E-state index contributed by atoms with van der Waals surface area (Å²) in [5, 5.41) is 11.5. The van der Waals surface area contributed by atoms with Gasteiger partial charge in [0.05, 0.1) is 12.7 Å². The second kappa shape index (κ2) is 5.34. The molecular weight excluding hydrogens is 210 g/mol. The minimum Gasteiger partial charge on any atom is -0.618 e. The Balaban J connectivity index is 2.87. The maximum absolute atomic E-state index is 11.5. The van der Waals surface area contributed by atoms with E-state index in [1.807, 2.05) is 13.8 Å². The average molecular weight is 225 g/mol. The van der Waals surface area contributed by atoms with Crippen LogP contribution in [-0.2, 0) is 4.74 Å². The van der Waals surface area contributed by atoms with Crippen molar-refractivity contribution in [1.82, 2.24) is 0 Å². The third-order valence-corrected chi connectivity index (χ3v) is 1.74. The fourth-order valence-electron chi connectivity index (χ4n) is 1.17. The molecule has 0 aliphatic carbocycles. The van der Waals surface area contributed by atoms with Crippen molar-refractivity contribution in [3.8, 4) is 5.75 Å². The van der Waals surface area contributed by atoms with Gasteiger partial charge in [0.1, 0.15) is 0 Å². The smallest absolute Gasteiger partial charge is 0.405 e. The van der Waals surface area contributed by atoms with Crippen molar-refractivity contribution in [2.45, 2.75) is 26.9 Å². The Morgan fingerprint density at radius 3 is 2.69 bits per heavy atom. The first kappa shape index (κ1) is 12.3. The quantitative estimate of drug-likeness (QED) is 0.440. The van der Waals surface area contributed by atoms with E-state index >= 15 is 0 Å². The zero-order valence-electron chi connectivity index (χ0n) is 9.60. The van der Waals surface area contributed by atoms with Gasteiger partial charge >= 0.3 is 11.7 Å². The van der Waals surface area contributed by atoms with E-state index in [0.717, 1.165) is 0 Å². The van der Waals surface area contributed by atoms with Crippen molar-refractivity contribution in [3.63, 3.8) is 0 Å². The molecule has 0 aliphatic heterocycles. The molecule has 1 aromatic heterocycles. The lowest BCUT2D eigenvalue weighted by Gasteiger charge is -2.09. The molecule has 0 aromatic carbocycles. The predicted octanol–water partition coefficient (Wildman–Crippen LogP) is 1.28. The number of hydrogen-bond acceptors (Lipinski definition) is 4. The van der Waals surface area contributed by atoms with Gasteiger partial charge in [0, 0.05) is 6.07 Å². The maximum atomic E-state index is 11.5. The highest BCUT2D eigenvalue weighted by Crippen LogP contribution is 2.10. The summed E-state index contributed by atoms with van der Waals surface area (Å²) in [6.45, 7) is 5.63. The van der Waals surface area contributed by atoms with Gasteiger partial charge in [0.25, 0.3) is 0 Å². The predicted molar refractivity (Wildman–Crippen MR) is 57.1 cm³/mol. The monoisotopic (exact) mass is 225 g/mol. The van der Waals surface area contributed by atoms with E-state index in [1.165, 1.54) is 12.3 Å². The summed E-state index contributed by atoms with van der Waals surface area (Å²) in [5.41, 5.74) is -0.0436. The molecule has 0 saturated heterocycles. The van der Waals surface area contributed by atoms with Gasteiger partial charge in [-0.1, -0.05) is 0 Å². The standard InChI is InChI=1S/C11H15NO4/c1-4-15-11(13)10-6-5-9(7-12(10)14)16-8(2)3/h5-8H,4H2,1-3H3. The molecule has 5 nitrogen and oxygen atoms in total. The van der Waals surface area contributed by atoms with Crippen molar-refractivity contribution >= 4 is 5.97 Å². The Labute approximate surface area is 94.2 Å². The summed E-state index contributed by atoms with van der Waals surface area (Å²) >= 11 is 0. The fraction of sp³-hybridized carbons (Fsp3) is 0.455. The molecule has 0 N–H and O–H groups in total. The van der Waals surface area contributed by atoms with Crippen LogP contribution in [0.2, 0.25) is 0 Å². The maximum Gasteiger partial charge on any atom is 0.405 e. The van der Waals surface area contributed by atoms with Crippen molar-refractivity contribution in [2.75, 3.05) is 6.61 Å². The van der Waals surface area contributed by atoms with Crippen LogP contribution in [0, 0.1) is 5.21 Å². The van der Waals surface area contributed by atoms with Gasteiger partial charge < -0.3 is 14.7 Å². The van der Waals surface area contributed by atoms with Crippen LogP contribution < -0.4 is 9.47 Å². The lowest BCUT2D eigenvalue weighted by atomic mass is 10.3. The number of ether oxygens (including phenoxy) is 2. The molecule has 88 valence electrons. The molecule has 0 unspecified atom stereocenters. The molecule has 16 heavy (non-hydrogen) atoms. The minimum absolute atomic E-state index is 0.0200. The molecule has 0 atom stereocenters. The van der Waals surface area contributed by atoms with Crippen LogP contribution in [-0.4, -0.2) is 18.7 Å². The molecule has 0 spiro atoms. The number of aromatic nitrogens is 1. The minimum atomic E-state index is -0.631. The van der Waals surface area contributed by atoms with E-state index in [9.17, 15) is 10.0 Å². The van der Waals surface area contributed by atoms with Gasteiger partial charge in [0.15, 0.2) is 5.75 Å². The van der Waals surface area contributed by atoms with Crippen molar-refractivity contribution in [3.05, 3.63) is 29.2 Å². The molecule has 0 bridgehead atoms. The molecular formula is C11H15NO4. The molecule has 0 radical (unpaired) electrons. The fourth-order valence-corrected chi connectivity index (χ4v) is 1.17. The molecule has 1 heterocycles. The first-order chi connectivity index (χ1) is 7.54. The Bertz CT molecular complexity index is 376. The number of nitrogens with zero attached hydrogens (tertiary/aromatic N) is 1. The summed E-state index contributed by atoms with van der Waals surface area (Å²) in [7, 11) is 0. The van der Waals surface area contributed by atoms with Crippen LogP contribution in [0.1, 0.15) is 31.3 Å². The molecule has 0 fully saturated rings. The average Bonchev–Trinajstić information content (AvgIpc) is 2.16. The number of carbonyl (C=O) groups is 1. The van der Waals surface area contributed by atoms with E-state index in [4.69, 9.17) is 9.47 Å². The van der Waals surface area contributed by atoms with Crippen molar-refractivity contribution < 1.29 is 19.0 Å². The topological polar surface area (TPSA) is 62.5 Å². The van der Waals surface area contributed by atoms with Crippen LogP contribution in [0.3, 0.4) is 0 Å². The normalized spacial score (nSPS) is 10.2. The number of rotatable bonds is 4. The van der Waals surface area contributed by atoms with E-state index in [0.29, 0.717) is 10.5 Å². The van der Waals surface area contributed by atoms with Gasteiger partial charge in [-0.15, -0.1) is 0 Å². The molecule has 5 heteroatoms. The molecule has 1 rings (SSSR count). The second-order valence-corrected chi connectivity index (χ2v) is 3.46.